The molecule has 0 bridgehead atoms. The topological polar surface area (TPSA) is 50.4 Å². The van der Waals surface area contributed by atoms with Crippen molar-refractivity contribution >= 4 is 23.2 Å². The Labute approximate surface area is 108 Å². The molecule has 1 aromatic carbocycles. The number of anilines is 1. The van der Waals surface area contributed by atoms with Gasteiger partial charge in [0.25, 0.3) is 0 Å². The largest absolute Gasteiger partial charge is 0.417 e. The Morgan fingerprint density at radius 2 is 2.11 bits per heavy atom. The Kier molecular flexibility index (Phi) is 4.84. The van der Waals surface area contributed by atoms with Crippen LogP contribution in [0.1, 0.15) is 18.9 Å². The summed E-state index contributed by atoms with van der Waals surface area (Å²) < 4.78 is 37.8. The van der Waals surface area contributed by atoms with Gasteiger partial charge in [-0.2, -0.15) is 13.2 Å². The molecule has 0 fully saturated rings. The molecule has 0 atom stereocenters. The lowest BCUT2D eigenvalue weighted by Crippen LogP contribution is -2.23. The van der Waals surface area contributed by atoms with Crippen molar-refractivity contribution in [2.24, 2.45) is 10.7 Å². The number of aliphatic imine (C=N–C) groups is 1. The molecule has 0 saturated heterocycles. The van der Waals surface area contributed by atoms with Gasteiger partial charge in [-0.25, -0.2) is 0 Å². The fourth-order valence-corrected chi connectivity index (χ4v) is 1.46. The molecule has 0 unspecified atom stereocenters. The maximum Gasteiger partial charge on any atom is 0.417 e. The number of hydrogen-bond acceptors (Lipinski definition) is 1. The van der Waals surface area contributed by atoms with Crippen molar-refractivity contribution in [3.05, 3.63) is 28.8 Å². The van der Waals surface area contributed by atoms with Crippen LogP contribution in [-0.2, 0) is 6.18 Å². The number of halogens is 4. The molecule has 0 aliphatic rings. The molecule has 1 rings (SSSR count). The maximum atomic E-state index is 12.6. The van der Waals surface area contributed by atoms with E-state index < -0.39 is 11.7 Å². The number of nitrogens with zero attached hydrogens (tertiary/aromatic N) is 1. The van der Waals surface area contributed by atoms with Crippen molar-refractivity contribution in [1.82, 2.24) is 0 Å². The van der Waals surface area contributed by atoms with Crippen LogP contribution in [0.3, 0.4) is 0 Å². The van der Waals surface area contributed by atoms with Crippen LogP contribution in [0.25, 0.3) is 0 Å². The zero-order valence-electron chi connectivity index (χ0n) is 9.68. The Bertz CT molecular complexity index is 444. The first-order chi connectivity index (χ1) is 8.34. The number of nitrogens with one attached hydrogen (secondary N) is 1. The Hall–Kier alpha value is -1.43. The van der Waals surface area contributed by atoms with E-state index in [0.29, 0.717) is 6.54 Å². The van der Waals surface area contributed by atoms with E-state index >= 15 is 0 Å². The maximum absolute atomic E-state index is 12.6. The fourth-order valence-electron chi connectivity index (χ4n) is 1.24. The lowest BCUT2D eigenvalue weighted by molar-refractivity contribution is -0.137. The van der Waals surface area contributed by atoms with Gasteiger partial charge in [-0.15, -0.1) is 0 Å². The van der Waals surface area contributed by atoms with Crippen molar-refractivity contribution in [1.29, 1.82) is 0 Å². The van der Waals surface area contributed by atoms with Crippen LogP contribution < -0.4 is 11.1 Å². The van der Waals surface area contributed by atoms with Gasteiger partial charge in [-0.3, -0.25) is 4.99 Å². The average Bonchev–Trinajstić information content (AvgIpc) is 2.27. The molecular weight excluding hydrogens is 267 g/mol. The Morgan fingerprint density at radius 3 is 2.67 bits per heavy atom. The van der Waals surface area contributed by atoms with Crippen LogP contribution in [0.4, 0.5) is 18.9 Å². The zero-order chi connectivity index (χ0) is 13.8. The molecule has 0 heterocycles. The van der Waals surface area contributed by atoms with Gasteiger partial charge in [0.15, 0.2) is 5.96 Å². The van der Waals surface area contributed by atoms with E-state index in [9.17, 15) is 13.2 Å². The highest BCUT2D eigenvalue weighted by Crippen LogP contribution is 2.36. The first-order valence-electron chi connectivity index (χ1n) is 5.28. The van der Waals surface area contributed by atoms with Gasteiger partial charge >= 0.3 is 6.18 Å². The first-order valence-corrected chi connectivity index (χ1v) is 5.66. The monoisotopic (exact) mass is 279 g/mol. The fraction of sp³-hybridized carbons (Fsp3) is 0.364. The number of nitrogens with two attached hydrogens (primary N) is 1. The van der Waals surface area contributed by atoms with Crippen LogP contribution >= 0.6 is 11.6 Å². The average molecular weight is 280 g/mol. The lowest BCUT2D eigenvalue weighted by atomic mass is 10.2. The second-order valence-electron chi connectivity index (χ2n) is 3.58. The number of rotatable bonds is 3. The first kappa shape index (κ1) is 14.6. The van der Waals surface area contributed by atoms with Gasteiger partial charge < -0.3 is 11.1 Å². The summed E-state index contributed by atoms with van der Waals surface area (Å²) in [5, 5.41) is 2.24. The molecule has 100 valence electrons. The summed E-state index contributed by atoms with van der Waals surface area (Å²) in [7, 11) is 0. The normalized spacial score (nSPS) is 12.6. The highest BCUT2D eigenvalue weighted by atomic mass is 35.5. The van der Waals surface area contributed by atoms with Crippen LogP contribution in [0, 0.1) is 0 Å². The molecule has 0 aliphatic carbocycles. The molecule has 18 heavy (non-hydrogen) atoms. The minimum Gasteiger partial charge on any atom is -0.370 e. The van der Waals surface area contributed by atoms with Gasteiger partial charge in [0, 0.05) is 12.2 Å². The second kappa shape index (κ2) is 5.95. The number of hydrogen-bond donors (Lipinski definition) is 2. The van der Waals surface area contributed by atoms with Crippen LogP contribution in [0.2, 0.25) is 5.02 Å². The molecule has 1 aromatic rings. The van der Waals surface area contributed by atoms with Crippen molar-refractivity contribution < 1.29 is 13.2 Å². The Balaban J connectivity index is 2.92. The van der Waals surface area contributed by atoms with E-state index in [2.05, 4.69) is 10.3 Å². The van der Waals surface area contributed by atoms with Gasteiger partial charge in [-0.05, 0) is 24.6 Å². The predicted octanol–water partition coefficient (Wildman–Crippen LogP) is 3.50. The summed E-state index contributed by atoms with van der Waals surface area (Å²) in [6, 6.07) is 3.47. The van der Waals surface area contributed by atoms with Gasteiger partial charge in [0.1, 0.15) is 0 Å². The molecule has 3 nitrogen and oxygen atoms in total. The van der Waals surface area contributed by atoms with Gasteiger partial charge in [0.2, 0.25) is 0 Å². The van der Waals surface area contributed by atoms with Crippen LogP contribution in [0.15, 0.2) is 23.2 Å². The van der Waals surface area contributed by atoms with E-state index in [1.54, 1.807) is 0 Å². The highest BCUT2D eigenvalue weighted by Gasteiger charge is 2.33. The predicted molar refractivity (Wildman–Crippen MR) is 66.9 cm³/mol. The molecule has 0 amide bonds. The van der Waals surface area contributed by atoms with Crippen molar-refractivity contribution in [2.75, 3.05) is 11.9 Å². The van der Waals surface area contributed by atoms with Crippen LogP contribution in [-0.4, -0.2) is 12.5 Å². The van der Waals surface area contributed by atoms with E-state index in [-0.39, 0.29) is 16.7 Å². The second-order valence-corrected chi connectivity index (χ2v) is 3.99. The molecule has 0 aliphatic heterocycles. The minimum absolute atomic E-state index is 0.0762. The minimum atomic E-state index is -4.50. The van der Waals surface area contributed by atoms with Gasteiger partial charge in [-0.1, -0.05) is 18.5 Å². The quantitative estimate of drug-likeness (QED) is 0.657. The zero-order valence-corrected chi connectivity index (χ0v) is 10.4. The summed E-state index contributed by atoms with van der Waals surface area (Å²) in [5.41, 5.74) is 4.81. The van der Waals surface area contributed by atoms with E-state index in [1.807, 2.05) is 6.92 Å². The van der Waals surface area contributed by atoms with E-state index in [1.165, 1.54) is 12.1 Å². The van der Waals surface area contributed by atoms with Gasteiger partial charge in [0.05, 0.1) is 10.6 Å². The van der Waals surface area contributed by atoms with Crippen LogP contribution in [0.5, 0.6) is 0 Å². The lowest BCUT2D eigenvalue weighted by Gasteiger charge is -2.12. The molecule has 0 spiro atoms. The molecular formula is C11H13ClF3N3. The SMILES string of the molecule is CCCN=C(N)Nc1ccc(Cl)c(C(F)(F)F)c1. The summed E-state index contributed by atoms with van der Waals surface area (Å²) >= 11 is 5.49. The van der Waals surface area contributed by atoms with E-state index in [0.717, 1.165) is 12.5 Å². The third-order valence-corrected chi connectivity index (χ3v) is 2.38. The third kappa shape index (κ3) is 4.10. The number of benzene rings is 1. The smallest absolute Gasteiger partial charge is 0.370 e. The molecule has 0 radical (unpaired) electrons. The molecule has 3 N–H and O–H groups in total. The summed E-state index contributed by atoms with van der Waals surface area (Å²) in [4.78, 5) is 3.92. The molecule has 7 heteroatoms. The van der Waals surface area contributed by atoms with Crippen molar-refractivity contribution in [2.45, 2.75) is 19.5 Å². The summed E-state index contributed by atoms with van der Waals surface area (Å²) in [6.07, 6.45) is -3.69. The molecule has 0 saturated carbocycles. The Morgan fingerprint density at radius 1 is 1.44 bits per heavy atom. The standard InChI is InChI=1S/C11H13ClF3N3/c1-2-5-17-10(16)18-7-3-4-9(12)8(6-7)11(13,14)15/h3-4,6H,2,5H2,1H3,(H3,16,17,18). The number of alkyl halides is 3. The molecule has 0 aromatic heterocycles. The van der Waals surface area contributed by atoms with E-state index in [4.69, 9.17) is 17.3 Å². The number of guanidine groups is 1. The summed E-state index contributed by atoms with van der Waals surface area (Å²) in [5.74, 6) is 0.0762. The van der Waals surface area contributed by atoms with Crippen molar-refractivity contribution in [3.8, 4) is 0 Å². The highest BCUT2D eigenvalue weighted by molar-refractivity contribution is 6.31. The summed E-state index contributed by atoms with van der Waals surface area (Å²) in [6.45, 7) is 2.43. The van der Waals surface area contributed by atoms with Crippen molar-refractivity contribution in [3.63, 3.8) is 0 Å². The third-order valence-electron chi connectivity index (χ3n) is 2.05.